The zero-order valence-electron chi connectivity index (χ0n) is 14.5. The predicted octanol–water partition coefficient (Wildman–Crippen LogP) is 5.51. The molecule has 0 aliphatic rings. The van der Waals surface area contributed by atoms with Crippen LogP contribution in [0.15, 0.2) is 52.2 Å². The standard InChI is InChI=1S/C19H17N3O2S3/c1-22(27-17-6-3-9-25-17)15-5-2-4-12-10-14(21-18(12)15)19-20-11-13(26-19)7-8-16(23)24/h2-6,9-11,21H,7-8H2,1H3,(H,23,24). The number of carboxylic acid groups (broad SMARTS) is 1. The summed E-state index contributed by atoms with van der Waals surface area (Å²) in [6.45, 7) is 0. The Kier molecular flexibility index (Phi) is 5.20. The van der Waals surface area contributed by atoms with E-state index in [1.807, 2.05) is 0 Å². The number of aromatic nitrogens is 2. The van der Waals surface area contributed by atoms with Crippen LogP contribution < -0.4 is 4.31 Å². The van der Waals surface area contributed by atoms with Crippen molar-refractivity contribution in [2.24, 2.45) is 0 Å². The SMILES string of the molecule is CN(Sc1cccs1)c1cccc2cc(-c3ncc(CCC(=O)O)s3)[nH]c12. The van der Waals surface area contributed by atoms with E-state index in [1.54, 1.807) is 29.5 Å². The molecular weight excluding hydrogens is 398 g/mol. The van der Waals surface area contributed by atoms with Gasteiger partial charge in [0.2, 0.25) is 0 Å². The second-order valence-corrected chi connectivity index (χ2v) is 9.46. The number of carbonyl (C=O) groups is 1. The van der Waals surface area contributed by atoms with Crippen molar-refractivity contribution in [1.82, 2.24) is 9.97 Å². The highest BCUT2D eigenvalue weighted by atomic mass is 32.2. The van der Waals surface area contributed by atoms with Crippen molar-refractivity contribution in [3.05, 3.63) is 52.9 Å². The molecule has 0 spiro atoms. The van der Waals surface area contributed by atoms with E-state index < -0.39 is 5.97 Å². The Morgan fingerprint density at radius 2 is 2.22 bits per heavy atom. The number of H-pyrrole nitrogens is 1. The summed E-state index contributed by atoms with van der Waals surface area (Å²) in [5, 5.41) is 12.9. The Morgan fingerprint density at radius 3 is 3.00 bits per heavy atom. The number of rotatable bonds is 7. The lowest BCUT2D eigenvalue weighted by Crippen LogP contribution is -2.05. The van der Waals surface area contributed by atoms with E-state index in [0.717, 1.165) is 32.2 Å². The van der Waals surface area contributed by atoms with Gasteiger partial charge in [0.05, 0.1) is 27.5 Å². The highest BCUT2D eigenvalue weighted by Crippen LogP contribution is 2.36. The van der Waals surface area contributed by atoms with Gasteiger partial charge in [-0.1, -0.05) is 18.2 Å². The smallest absolute Gasteiger partial charge is 0.303 e. The van der Waals surface area contributed by atoms with Gasteiger partial charge < -0.3 is 14.4 Å². The van der Waals surface area contributed by atoms with Crippen molar-refractivity contribution >= 4 is 57.2 Å². The van der Waals surface area contributed by atoms with Crippen LogP contribution in [-0.2, 0) is 11.2 Å². The molecule has 3 heterocycles. The summed E-state index contributed by atoms with van der Waals surface area (Å²) in [6.07, 6.45) is 2.41. The number of fused-ring (bicyclic) bond motifs is 1. The molecule has 27 heavy (non-hydrogen) atoms. The van der Waals surface area contributed by atoms with Crippen LogP contribution in [0.1, 0.15) is 11.3 Å². The first-order chi connectivity index (χ1) is 13.1. The van der Waals surface area contributed by atoms with E-state index in [4.69, 9.17) is 5.11 Å². The van der Waals surface area contributed by atoms with Crippen LogP contribution in [0.2, 0.25) is 0 Å². The Hall–Kier alpha value is -2.29. The molecule has 0 saturated carbocycles. The molecule has 0 saturated heterocycles. The van der Waals surface area contributed by atoms with E-state index in [2.05, 4.69) is 63.1 Å². The molecule has 3 aromatic heterocycles. The van der Waals surface area contributed by atoms with Crippen molar-refractivity contribution in [3.8, 4) is 10.7 Å². The molecule has 0 aliphatic heterocycles. The second-order valence-electron chi connectivity index (χ2n) is 5.97. The molecule has 4 aromatic rings. The summed E-state index contributed by atoms with van der Waals surface area (Å²) in [4.78, 5) is 19.7. The van der Waals surface area contributed by atoms with E-state index in [9.17, 15) is 4.79 Å². The van der Waals surface area contributed by atoms with E-state index in [1.165, 1.54) is 15.5 Å². The van der Waals surface area contributed by atoms with Gasteiger partial charge in [0.1, 0.15) is 5.01 Å². The minimum absolute atomic E-state index is 0.128. The Bertz CT molecular complexity index is 1070. The topological polar surface area (TPSA) is 69.2 Å². The van der Waals surface area contributed by atoms with E-state index >= 15 is 0 Å². The van der Waals surface area contributed by atoms with Gasteiger partial charge >= 0.3 is 5.97 Å². The van der Waals surface area contributed by atoms with Crippen molar-refractivity contribution < 1.29 is 9.90 Å². The third kappa shape index (κ3) is 4.02. The van der Waals surface area contributed by atoms with Gasteiger partial charge in [-0.25, -0.2) is 4.98 Å². The van der Waals surface area contributed by atoms with Crippen molar-refractivity contribution in [1.29, 1.82) is 0 Å². The highest BCUT2D eigenvalue weighted by molar-refractivity contribution is 8.02. The molecule has 4 rings (SSSR count). The lowest BCUT2D eigenvalue weighted by atomic mass is 10.2. The van der Waals surface area contributed by atoms with Gasteiger partial charge in [0.15, 0.2) is 0 Å². The van der Waals surface area contributed by atoms with Crippen LogP contribution in [0.3, 0.4) is 0 Å². The zero-order valence-corrected chi connectivity index (χ0v) is 17.0. The number of aryl methyl sites for hydroxylation is 1. The summed E-state index contributed by atoms with van der Waals surface area (Å²) in [5.74, 6) is -0.786. The monoisotopic (exact) mass is 415 g/mol. The third-order valence-electron chi connectivity index (χ3n) is 4.06. The molecule has 0 fully saturated rings. The number of carboxylic acids is 1. The Morgan fingerprint density at radius 1 is 1.33 bits per heavy atom. The molecule has 2 N–H and O–H groups in total. The summed E-state index contributed by atoms with van der Waals surface area (Å²) >= 11 is 4.96. The second kappa shape index (κ2) is 7.75. The normalized spacial score (nSPS) is 11.1. The quantitative estimate of drug-likeness (QED) is 0.389. The molecule has 8 heteroatoms. The number of para-hydroxylation sites is 1. The molecule has 1 aromatic carbocycles. The molecule has 0 atom stereocenters. The number of aliphatic carboxylic acids is 1. The fourth-order valence-corrected chi connectivity index (χ4v) is 5.46. The average molecular weight is 416 g/mol. The largest absolute Gasteiger partial charge is 0.481 e. The number of aromatic amines is 1. The first-order valence-corrected chi connectivity index (χ1v) is 10.8. The van der Waals surface area contributed by atoms with Crippen LogP contribution in [-0.4, -0.2) is 28.1 Å². The molecule has 0 bridgehead atoms. The fraction of sp³-hybridized carbons (Fsp3) is 0.158. The fourth-order valence-electron chi connectivity index (χ4n) is 2.80. The number of benzene rings is 1. The maximum absolute atomic E-state index is 10.8. The van der Waals surface area contributed by atoms with E-state index in [-0.39, 0.29) is 6.42 Å². The highest BCUT2D eigenvalue weighted by Gasteiger charge is 2.14. The van der Waals surface area contributed by atoms with Crippen LogP contribution in [0, 0.1) is 0 Å². The number of thiazole rings is 1. The first kappa shape index (κ1) is 18.1. The van der Waals surface area contributed by atoms with Crippen LogP contribution in [0.4, 0.5) is 5.69 Å². The van der Waals surface area contributed by atoms with Crippen LogP contribution in [0.25, 0.3) is 21.6 Å². The summed E-state index contributed by atoms with van der Waals surface area (Å²) in [7, 11) is 2.06. The summed E-state index contributed by atoms with van der Waals surface area (Å²) in [6, 6.07) is 12.5. The third-order valence-corrected chi connectivity index (χ3v) is 7.12. The van der Waals surface area contributed by atoms with E-state index in [0.29, 0.717) is 6.42 Å². The van der Waals surface area contributed by atoms with Crippen molar-refractivity contribution in [2.75, 3.05) is 11.4 Å². The lowest BCUT2D eigenvalue weighted by molar-refractivity contribution is -0.136. The predicted molar refractivity (Wildman–Crippen MR) is 114 cm³/mol. The summed E-state index contributed by atoms with van der Waals surface area (Å²) in [5.41, 5.74) is 3.14. The molecule has 138 valence electrons. The van der Waals surface area contributed by atoms with Crippen molar-refractivity contribution in [2.45, 2.75) is 17.1 Å². The first-order valence-electron chi connectivity index (χ1n) is 8.34. The van der Waals surface area contributed by atoms with Crippen LogP contribution >= 0.6 is 34.6 Å². The molecule has 0 radical (unpaired) electrons. The summed E-state index contributed by atoms with van der Waals surface area (Å²) < 4.78 is 3.40. The molecule has 5 nitrogen and oxygen atoms in total. The number of hydrogen-bond donors (Lipinski definition) is 2. The molecule has 0 aliphatic carbocycles. The maximum atomic E-state index is 10.8. The Labute approximate surface area is 168 Å². The number of nitrogens with zero attached hydrogens (tertiary/aromatic N) is 2. The van der Waals surface area contributed by atoms with Gasteiger partial charge in [0, 0.05) is 23.5 Å². The number of hydrogen-bond acceptors (Lipinski definition) is 6. The number of thiophene rings is 1. The number of nitrogens with one attached hydrogen (secondary N) is 1. The minimum Gasteiger partial charge on any atom is -0.481 e. The lowest BCUT2D eigenvalue weighted by Gasteiger charge is -2.17. The minimum atomic E-state index is -0.786. The zero-order chi connectivity index (χ0) is 18.8. The maximum Gasteiger partial charge on any atom is 0.303 e. The molecular formula is C19H17N3O2S3. The molecule has 0 unspecified atom stereocenters. The average Bonchev–Trinajstić information content (AvgIpc) is 3.38. The van der Waals surface area contributed by atoms with Gasteiger partial charge in [-0.3, -0.25) is 4.79 Å². The van der Waals surface area contributed by atoms with Gasteiger partial charge in [-0.05, 0) is 41.9 Å². The number of anilines is 1. The van der Waals surface area contributed by atoms with Crippen molar-refractivity contribution in [3.63, 3.8) is 0 Å². The van der Waals surface area contributed by atoms with Crippen LogP contribution in [0.5, 0.6) is 0 Å². The van der Waals surface area contributed by atoms with Gasteiger partial charge in [0.25, 0.3) is 0 Å². The Balaban J connectivity index is 1.62. The van der Waals surface area contributed by atoms with Gasteiger partial charge in [-0.2, -0.15) is 0 Å². The van der Waals surface area contributed by atoms with Gasteiger partial charge in [-0.15, -0.1) is 22.7 Å². The molecule has 0 amide bonds.